The number of nitrogens with zero attached hydrogens (tertiary/aromatic N) is 2. The van der Waals surface area contributed by atoms with Gasteiger partial charge in [0, 0.05) is 12.6 Å². The molecule has 102 valence electrons. The lowest BCUT2D eigenvalue weighted by Crippen LogP contribution is -2.39. The number of hydrogen-bond acceptors (Lipinski definition) is 4. The predicted molar refractivity (Wildman–Crippen MR) is 67.3 cm³/mol. The molecule has 0 bridgehead atoms. The molecule has 1 aliphatic heterocycles. The summed E-state index contributed by atoms with van der Waals surface area (Å²) in [6.07, 6.45) is 2.10. The molecule has 3 heterocycles. The zero-order valence-electron chi connectivity index (χ0n) is 10.4. The van der Waals surface area contributed by atoms with Crippen LogP contribution in [0.3, 0.4) is 0 Å². The van der Waals surface area contributed by atoms with Crippen LogP contribution < -0.4 is 5.32 Å². The van der Waals surface area contributed by atoms with Crippen LogP contribution in [0.2, 0.25) is 0 Å². The van der Waals surface area contributed by atoms with Crippen molar-refractivity contribution in [3.8, 4) is 0 Å². The van der Waals surface area contributed by atoms with Crippen molar-refractivity contribution in [2.24, 2.45) is 0 Å². The maximum Gasteiger partial charge on any atom is 0.337 e. The van der Waals surface area contributed by atoms with E-state index >= 15 is 0 Å². The van der Waals surface area contributed by atoms with Gasteiger partial charge in [0.2, 0.25) is 11.8 Å². The second kappa shape index (κ2) is 4.44. The van der Waals surface area contributed by atoms with Crippen LogP contribution >= 0.6 is 0 Å². The van der Waals surface area contributed by atoms with Gasteiger partial charge in [-0.25, -0.2) is 9.31 Å². The van der Waals surface area contributed by atoms with Crippen LogP contribution in [0.4, 0.5) is 0 Å². The first kappa shape index (κ1) is 12.3. The molecule has 3 rings (SSSR count). The molecular formula is C13H11N3O4. The summed E-state index contributed by atoms with van der Waals surface area (Å²) in [6, 6.07) is 4.84. The highest BCUT2D eigenvalue weighted by atomic mass is 16.4. The summed E-state index contributed by atoms with van der Waals surface area (Å²) in [4.78, 5) is 33.8. The first-order chi connectivity index (χ1) is 9.54. The molecule has 2 amide bonds. The number of carbonyl (C=O) groups excluding carboxylic acids is 2. The predicted octanol–water partition coefficient (Wildman–Crippen LogP) is 0.553. The standard InChI is InChI=1S/C13H11N3O4/c17-11-4-3-9(12(18)14-11)10-5-8-2-1-7(13(19)20)6-16(8)15-10/h1-2,5-6,9H,3-4H2,(H,19,20)(H,14,17,18). The van der Waals surface area contributed by atoms with Crippen LogP contribution in [0.5, 0.6) is 0 Å². The van der Waals surface area contributed by atoms with Crippen molar-refractivity contribution in [3.63, 3.8) is 0 Å². The Bertz CT molecular complexity index is 734. The average Bonchev–Trinajstić information content (AvgIpc) is 2.80. The van der Waals surface area contributed by atoms with Gasteiger partial charge in [0.25, 0.3) is 0 Å². The molecule has 7 heteroatoms. The summed E-state index contributed by atoms with van der Waals surface area (Å²) in [6.45, 7) is 0. The van der Waals surface area contributed by atoms with E-state index in [9.17, 15) is 14.4 Å². The summed E-state index contributed by atoms with van der Waals surface area (Å²) in [5.41, 5.74) is 1.36. The minimum absolute atomic E-state index is 0.121. The van der Waals surface area contributed by atoms with Crippen molar-refractivity contribution in [1.82, 2.24) is 14.9 Å². The number of pyridine rings is 1. The summed E-state index contributed by atoms with van der Waals surface area (Å²) in [5.74, 6) is -2.14. The normalized spacial score (nSPS) is 19.1. The number of rotatable bonds is 2. The summed E-state index contributed by atoms with van der Waals surface area (Å²) >= 11 is 0. The molecule has 2 aromatic rings. The van der Waals surface area contributed by atoms with Crippen molar-refractivity contribution in [2.75, 3.05) is 0 Å². The quantitative estimate of drug-likeness (QED) is 0.778. The highest BCUT2D eigenvalue weighted by Crippen LogP contribution is 2.24. The number of fused-ring (bicyclic) bond motifs is 1. The molecule has 1 atom stereocenters. The number of carboxylic acid groups (broad SMARTS) is 1. The third-order valence-corrected chi connectivity index (χ3v) is 3.32. The molecule has 7 nitrogen and oxygen atoms in total. The second-order valence-corrected chi connectivity index (χ2v) is 4.67. The zero-order chi connectivity index (χ0) is 14.3. The lowest BCUT2D eigenvalue weighted by molar-refractivity contribution is -0.134. The van der Waals surface area contributed by atoms with E-state index in [1.807, 2.05) is 0 Å². The Morgan fingerprint density at radius 2 is 2.20 bits per heavy atom. The topological polar surface area (TPSA) is 101 Å². The van der Waals surface area contributed by atoms with E-state index in [2.05, 4.69) is 10.4 Å². The molecule has 0 saturated carbocycles. The van der Waals surface area contributed by atoms with Crippen LogP contribution in [-0.2, 0) is 9.59 Å². The Kier molecular flexibility index (Phi) is 2.74. The van der Waals surface area contributed by atoms with Crippen LogP contribution in [0.25, 0.3) is 5.52 Å². The Morgan fingerprint density at radius 3 is 2.90 bits per heavy atom. The minimum Gasteiger partial charge on any atom is -0.478 e. The van der Waals surface area contributed by atoms with Gasteiger partial charge in [0.05, 0.1) is 22.7 Å². The van der Waals surface area contributed by atoms with Crippen molar-refractivity contribution in [1.29, 1.82) is 0 Å². The largest absolute Gasteiger partial charge is 0.478 e. The lowest BCUT2D eigenvalue weighted by Gasteiger charge is -2.18. The fourth-order valence-electron chi connectivity index (χ4n) is 2.28. The molecule has 1 aliphatic rings. The van der Waals surface area contributed by atoms with Gasteiger partial charge in [-0.3, -0.25) is 14.9 Å². The van der Waals surface area contributed by atoms with Crippen LogP contribution in [0, 0.1) is 0 Å². The van der Waals surface area contributed by atoms with E-state index in [1.165, 1.54) is 16.8 Å². The zero-order valence-corrected chi connectivity index (χ0v) is 10.4. The molecule has 1 fully saturated rings. The van der Waals surface area contributed by atoms with Gasteiger partial charge in [-0.1, -0.05) is 0 Å². The van der Waals surface area contributed by atoms with Crippen LogP contribution in [-0.4, -0.2) is 32.5 Å². The van der Waals surface area contributed by atoms with E-state index in [0.717, 1.165) is 0 Å². The summed E-state index contributed by atoms with van der Waals surface area (Å²) < 4.78 is 1.43. The molecule has 0 aliphatic carbocycles. The molecule has 2 aromatic heterocycles. The van der Waals surface area contributed by atoms with Crippen molar-refractivity contribution >= 4 is 23.3 Å². The third kappa shape index (κ3) is 2.03. The molecule has 2 N–H and O–H groups in total. The van der Waals surface area contributed by atoms with E-state index in [-0.39, 0.29) is 23.8 Å². The van der Waals surface area contributed by atoms with E-state index in [1.54, 1.807) is 12.1 Å². The molecule has 1 unspecified atom stereocenters. The SMILES string of the molecule is O=C1CCC(c2cc3ccc(C(=O)O)cn3n2)C(=O)N1. The Morgan fingerprint density at radius 1 is 1.40 bits per heavy atom. The van der Waals surface area contributed by atoms with Crippen molar-refractivity contribution < 1.29 is 19.5 Å². The maximum absolute atomic E-state index is 11.8. The number of amides is 2. The Hall–Kier alpha value is -2.70. The summed E-state index contributed by atoms with van der Waals surface area (Å²) in [5, 5.41) is 15.4. The first-order valence-electron chi connectivity index (χ1n) is 6.11. The van der Waals surface area contributed by atoms with Gasteiger partial charge >= 0.3 is 5.97 Å². The molecule has 0 radical (unpaired) electrons. The lowest BCUT2D eigenvalue weighted by atomic mass is 9.95. The van der Waals surface area contributed by atoms with Gasteiger partial charge in [0.1, 0.15) is 0 Å². The monoisotopic (exact) mass is 273 g/mol. The van der Waals surface area contributed by atoms with Gasteiger partial charge in [0.15, 0.2) is 0 Å². The minimum atomic E-state index is -1.04. The van der Waals surface area contributed by atoms with Crippen molar-refractivity contribution in [3.05, 3.63) is 35.7 Å². The smallest absolute Gasteiger partial charge is 0.337 e. The number of aromatic carboxylic acids is 1. The van der Waals surface area contributed by atoms with Crippen LogP contribution in [0.15, 0.2) is 24.4 Å². The van der Waals surface area contributed by atoms with Gasteiger partial charge in [-0.2, -0.15) is 5.10 Å². The van der Waals surface area contributed by atoms with Gasteiger partial charge in [-0.15, -0.1) is 0 Å². The highest BCUT2D eigenvalue weighted by Gasteiger charge is 2.29. The average molecular weight is 273 g/mol. The van der Waals surface area contributed by atoms with Gasteiger partial charge in [-0.05, 0) is 24.6 Å². The molecule has 0 aromatic carbocycles. The third-order valence-electron chi connectivity index (χ3n) is 3.32. The molecule has 20 heavy (non-hydrogen) atoms. The first-order valence-corrected chi connectivity index (χ1v) is 6.11. The number of hydrogen-bond donors (Lipinski definition) is 2. The number of aromatic nitrogens is 2. The number of carbonyl (C=O) groups is 3. The molecule has 1 saturated heterocycles. The number of nitrogens with one attached hydrogen (secondary N) is 1. The number of piperidine rings is 1. The molecule has 0 spiro atoms. The van der Waals surface area contributed by atoms with Crippen LogP contribution in [0.1, 0.15) is 34.8 Å². The van der Waals surface area contributed by atoms with Crippen molar-refractivity contribution in [2.45, 2.75) is 18.8 Å². The Balaban J connectivity index is 1.98. The second-order valence-electron chi connectivity index (χ2n) is 4.67. The number of carboxylic acids is 1. The van der Waals surface area contributed by atoms with Gasteiger partial charge < -0.3 is 5.11 Å². The van der Waals surface area contributed by atoms with E-state index < -0.39 is 11.9 Å². The fourth-order valence-corrected chi connectivity index (χ4v) is 2.28. The summed E-state index contributed by atoms with van der Waals surface area (Å²) in [7, 11) is 0. The van der Waals surface area contributed by atoms with E-state index in [0.29, 0.717) is 17.6 Å². The fraction of sp³-hybridized carbons (Fsp3) is 0.231. The van der Waals surface area contributed by atoms with E-state index in [4.69, 9.17) is 5.11 Å². The maximum atomic E-state index is 11.8. The Labute approximate surface area is 113 Å². The highest BCUT2D eigenvalue weighted by molar-refractivity contribution is 6.00. The molecular weight excluding hydrogens is 262 g/mol. The number of imide groups is 1.